The second-order valence-electron chi connectivity index (χ2n) is 7.64. The molecular formula is C18H30F3NO5. The number of aliphatic carboxylic acids is 1. The van der Waals surface area contributed by atoms with E-state index in [4.69, 9.17) is 24.1 Å². The zero-order chi connectivity index (χ0) is 19.9. The van der Waals surface area contributed by atoms with Crippen molar-refractivity contribution in [3.05, 3.63) is 0 Å². The molecule has 2 aliphatic heterocycles. The summed E-state index contributed by atoms with van der Waals surface area (Å²) in [6.45, 7) is 6.90. The molecule has 158 valence electrons. The maximum atomic E-state index is 10.6. The van der Waals surface area contributed by atoms with Crippen LogP contribution in [0, 0.1) is 11.3 Å². The molecule has 2 saturated heterocycles. The van der Waals surface area contributed by atoms with Crippen molar-refractivity contribution in [3.63, 3.8) is 0 Å². The van der Waals surface area contributed by atoms with Gasteiger partial charge in [-0.15, -0.1) is 0 Å². The normalized spacial score (nSPS) is 28.8. The quantitative estimate of drug-likeness (QED) is 0.712. The fourth-order valence-corrected chi connectivity index (χ4v) is 3.72. The van der Waals surface area contributed by atoms with E-state index >= 15 is 0 Å². The predicted octanol–water partition coefficient (Wildman–Crippen LogP) is 2.56. The Morgan fingerprint density at radius 3 is 2.63 bits per heavy atom. The van der Waals surface area contributed by atoms with Crippen LogP contribution in [-0.4, -0.2) is 81.4 Å². The van der Waals surface area contributed by atoms with Crippen LogP contribution >= 0.6 is 0 Å². The molecule has 0 aromatic rings. The van der Waals surface area contributed by atoms with Crippen LogP contribution in [0.2, 0.25) is 0 Å². The predicted molar refractivity (Wildman–Crippen MR) is 91.6 cm³/mol. The molecule has 2 atom stereocenters. The van der Waals surface area contributed by atoms with E-state index in [1.165, 1.54) is 25.7 Å². The highest BCUT2D eigenvalue weighted by atomic mass is 19.4. The Balaban J connectivity index is 0.000000321. The van der Waals surface area contributed by atoms with Crippen molar-refractivity contribution in [1.82, 2.24) is 4.90 Å². The third-order valence-corrected chi connectivity index (χ3v) is 5.36. The van der Waals surface area contributed by atoms with E-state index in [1.54, 1.807) is 7.11 Å². The van der Waals surface area contributed by atoms with Crippen LogP contribution in [0.1, 0.15) is 32.1 Å². The minimum atomic E-state index is -5.08. The molecule has 6 nitrogen and oxygen atoms in total. The fraction of sp³-hybridized carbons (Fsp3) is 0.944. The van der Waals surface area contributed by atoms with Gasteiger partial charge in [0.2, 0.25) is 0 Å². The molecule has 0 radical (unpaired) electrons. The molecule has 1 saturated carbocycles. The highest BCUT2D eigenvalue weighted by molar-refractivity contribution is 5.73. The van der Waals surface area contributed by atoms with E-state index in [9.17, 15) is 13.2 Å². The molecule has 3 fully saturated rings. The van der Waals surface area contributed by atoms with Gasteiger partial charge >= 0.3 is 12.1 Å². The first kappa shape index (κ1) is 22.4. The Morgan fingerprint density at radius 2 is 2.04 bits per heavy atom. The van der Waals surface area contributed by atoms with Crippen molar-refractivity contribution in [1.29, 1.82) is 0 Å². The number of halogens is 3. The number of piperidine rings is 1. The van der Waals surface area contributed by atoms with Crippen molar-refractivity contribution in [2.45, 2.75) is 44.4 Å². The third-order valence-electron chi connectivity index (χ3n) is 5.36. The molecule has 0 amide bonds. The number of fused-ring (bicyclic) bond motifs is 1. The van der Waals surface area contributed by atoms with Crippen molar-refractivity contribution >= 4 is 5.97 Å². The van der Waals surface area contributed by atoms with Gasteiger partial charge in [0.05, 0.1) is 19.3 Å². The van der Waals surface area contributed by atoms with Crippen LogP contribution in [0.3, 0.4) is 0 Å². The number of hydrogen-bond donors (Lipinski definition) is 1. The summed E-state index contributed by atoms with van der Waals surface area (Å²) in [4.78, 5) is 11.4. The maximum absolute atomic E-state index is 10.6. The van der Waals surface area contributed by atoms with Crippen molar-refractivity contribution in [3.8, 4) is 0 Å². The average molecular weight is 397 g/mol. The lowest BCUT2D eigenvalue weighted by Crippen LogP contribution is -2.57. The molecule has 0 bridgehead atoms. The molecule has 2 heterocycles. The highest BCUT2D eigenvalue weighted by Gasteiger charge is 2.46. The number of likely N-dealkylation sites (tertiary alicyclic amines) is 1. The molecule has 1 N–H and O–H groups in total. The minimum Gasteiger partial charge on any atom is -0.475 e. The number of methoxy groups -OCH3 is 1. The monoisotopic (exact) mass is 397 g/mol. The molecule has 1 aliphatic carbocycles. The summed E-state index contributed by atoms with van der Waals surface area (Å²) in [6.07, 6.45) is 1.65. The van der Waals surface area contributed by atoms with Crippen molar-refractivity contribution in [2.24, 2.45) is 11.3 Å². The zero-order valence-corrected chi connectivity index (χ0v) is 15.8. The molecule has 0 aromatic heterocycles. The number of hydrogen-bond acceptors (Lipinski definition) is 5. The summed E-state index contributed by atoms with van der Waals surface area (Å²) < 4.78 is 49.1. The molecular weight excluding hydrogens is 367 g/mol. The molecule has 0 aromatic carbocycles. The first-order chi connectivity index (χ1) is 12.8. The van der Waals surface area contributed by atoms with Gasteiger partial charge in [-0.2, -0.15) is 13.2 Å². The third kappa shape index (κ3) is 7.21. The van der Waals surface area contributed by atoms with E-state index < -0.39 is 12.1 Å². The highest BCUT2D eigenvalue weighted by Crippen LogP contribution is 2.41. The summed E-state index contributed by atoms with van der Waals surface area (Å²) >= 11 is 0. The largest absolute Gasteiger partial charge is 0.490 e. The molecule has 2 unspecified atom stereocenters. The van der Waals surface area contributed by atoms with Gasteiger partial charge in [0.25, 0.3) is 0 Å². The van der Waals surface area contributed by atoms with E-state index in [1.807, 2.05) is 0 Å². The van der Waals surface area contributed by atoms with E-state index in [2.05, 4.69) is 4.90 Å². The topological polar surface area (TPSA) is 68.2 Å². The van der Waals surface area contributed by atoms with Gasteiger partial charge in [0.1, 0.15) is 0 Å². The van der Waals surface area contributed by atoms with Crippen molar-refractivity contribution in [2.75, 3.05) is 53.2 Å². The van der Waals surface area contributed by atoms with Crippen LogP contribution in [0.4, 0.5) is 13.2 Å². The Bertz CT molecular complexity index is 472. The Morgan fingerprint density at radius 1 is 1.33 bits per heavy atom. The van der Waals surface area contributed by atoms with Crippen LogP contribution in [0.15, 0.2) is 0 Å². The lowest BCUT2D eigenvalue weighted by molar-refractivity contribution is -0.192. The zero-order valence-electron chi connectivity index (χ0n) is 15.8. The summed E-state index contributed by atoms with van der Waals surface area (Å²) in [5.41, 5.74) is 0.235. The minimum absolute atomic E-state index is 0.235. The number of ether oxygens (including phenoxy) is 3. The van der Waals surface area contributed by atoms with Gasteiger partial charge in [-0.3, -0.25) is 0 Å². The van der Waals surface area contributed by atoms with Crippen molar-refractivity contribution < 1.29 is 37.3 Å². The molecule has 0 spiro atoms. The number of nitrogens with zero attached hydrogens (tertiary/aromatic N) is 1. The van der Waals surface area contributed by atoms with Crippen LogP contribution in [0.25, 0.3) is 0 Å². The second-order valence-corrected chi connectivity index (χ2v) is 7.64. The summed E-state index contributed by atoms with van der Waals surface area (Å²) in [7, 11) is 1.78. The van der Waals surface area contributed by atoms with E-state index in [0.717, 1.165) is 58.4 Å². The SMILES string of the molecule is COCCN1CCC2OCCCC2(COCC2CC2)C1.O=C(O)C(F)(F)F. The fourth-order valence-electron chi connectivity index (χ4n) is 3.72. The standard InChI is InChI=1S/C16H29NO3.C2HF3O2/c1-18-10-8-17-7-5-15-16(12-17,6-2-9-20-15)13-19-11-14-3-4-14;3-2(4,5)1(6)7/h14-15H,2-13H2,1H3;(H,6,7). The van der Waals surface area contributed by atoms with Gasteiger partial charge in [-0.1, -0.05) is 0 Å². The number of carboxylic acids is 1. The van der Waals surface area contributed by atoms with Crippen LogP contribution in [-0.2, 0) is 19.0 Å². The molecule has 3 aliphatic rings. The van der Waals surface area contributed by atoms with Crippen LogP contribution < -0.4 is 0 Å². The summed E-state index contributed by atoms with van der Waals surface area (Å²) in [6, 6.07) is 0. The van der Waals surface area contributed by atoms with Gasteiger partial charge in [-0.05, 0) is 38.0 Å². The van der Waals surface area contributed by atoms with Gasteiger partial charge in [-0.25, -0.2) is 4.79 Å². The van der Waals surface area contributed by atoms with E-state index in [0.29, 0.717) is 6.10 Å². The Labute approximate surface area is 157 Å². The summed E-state index contributed by atoms with van der Waals surface area (Å²) in [5, 5.41) is 7.12. The number of alkyl halides is 3. The number of rotatable bonds is 7. The van der Waals surface area contributed by atoms with Gasteiger partial charge in [0.15, 0.2) is 0 Å². The maximum Gasteiger partial charge on any atom is 0.490 e. The average Bonchev–Trinajstić information content (AvgIpc) is 3.43. The molecule has 27 heavy (non-hydrogen) atoms. The first-order valence-electron chi connectivity index (χ1n) is 9.47. The summed E-state index contributed by atoms with van der Waals surface area (Å²) in [5.74, 6) is -1.91. The number of carbonyl (C=O) groups is 1. The van der Waals surface area contributed by atoms with Gasteiger partial charge < -0.3 is 24.2 Å². The van der Waals surface area contributed by atoms with E-state index in [-0.39, 0.29) is 5.41 Å². The lowest BCUT2D eigenvalue weighted by Gasteiger charge is -2.50. The first-order valence-corrected chi connectivity index (χ1v) is 9.47. The Hall–Kier alpha value is -0.900. The lowest BCUT2D eigenvalue weighted by atomic mass is 9.73. The van der Waals surface area contributed by atoms with Gasteiger partial charge in [0, 0.05) is 45.4 Å². The molecule has 3 rings (SSSR count). The number of carboxylic acid groups (broad SMARTS) is 1. The van der Waals surface area contributed by atoms with Crippen LogP contribution in [0.5, 0.6) is 0 Å². The molecule has 9 heteroatoms. The second kappa shape index (κ2) is 10.0. The smallest absolute Gasteiger partial charge is 0.475 e. The Kier molecular flexibility index (Phi) is 8.33.